The van der Waals surface area contributed by atoms with Gasteiger partial charge in [-0.1, -0.05) is 210 Å². The second-order valence-corrected chi connectivity index (χ2v) is 18.7. The average Bonchev–Trinajstić information content (AvgIpc) is 3.19. The molecule has 0 radical (unpaired) electrons. The van der Waals surface area contributed by atoms with E-state index in [1.54, 1.807) is 0 Å². The fraction of sp³-hybridized carbons (Fsp3) is 0.740. The molecule has 8 nitrogen and oxygen atoms in total. The molecule has 0 fully saturated rings. The number of quaternary nitrogens is 1. The van der Waals surface area contributed by atoms with E-state index < -0.39 is 33.2 Å². The average molecular weight is 848 g/mol. The van der Waals surface area contributed by atoms with Crippen LogP contribution in [0.3, 0.4) is 0 Å². The number of aliphatic hydroxyl groups excluding tert-OH is 2. The molecule has 0 saturated heterocycles. The number of rotatable bonds is 41. The van der Waals surface area contributed by atoms with Crippen molar-refractivity contribution in [2.24, 2.45) is 0 Å². The Bertz CT molecular complexity index is 1250. The Morgan fingerprint density at radius 2 is 1.05 bits per heavy atom. The number of hydrogen-bond donors (Lipinski definition) is 2. The van der Waals surface area contributed by atoms with Crippen molar-refractivity contribution >= 4 is 13.6 Å². The molecular formula is C50H90NO7P. The van der Waals surface area contributed by atoms with Crippen molar-refractivity contribution in [3.05, 3.63) is 71.9 Å². The van der Waals surface area contributed by atoms with Crippen LogP contribution in [0.4, 0.5) is 0 Å². The standard InChI is InChI=1S/C50H90NO7P/c1-7-10-13-16-19-22-23-24-25-26-27-28-29-30-32-35-38-41-48(50(43-51(4,5)6)58-59(55,56)57-45-46(53)44-52)47(40-37-34-31-20-17-14-11-8-2)49(54)42-39-36-33-21-18-15-12-9-3/h25-30,32,35,38,41,46,50,52-53H,7-24,31,33-34,36-37,39-40,42-45H2,1-6H3/t46-,50?/m1/s1. The van der Waals surface area contributed by atoms with Crippen molar-refractivity contribution in [1.29, 1.82) is 0 Å². The molecular weight excluding hydrogens is 758 g/mol. The number of likely N-dealkylation sites (N-methyl/N-ethyl adjacent to an activating group) is 1. The van der Waals surface area contributed by atoms with Gasteiger partial charge in [0.15, 0.2) is 5.78 Å². The number of ketones is 1. The molecule has 0 spiro atoms. The molecule has 0 aliphatic carbocycles. The molecule has 0 aliphatic heterocycles. The predicted molar refractivity (Wildman–Crippen MR) is 249 cm³/mol. The lowest BCUT2D eigenvalue weighted by atomic mass is 9.91. The summed E-state index contributed by atoms with van der Waals surface area (Å²) in [4.78, 5) is 27.5. The number of phosphoric acid groups is 1. The lowest BCUT2D eigenvalue weighted by Crippen LogP contribution is -2.43. The highest BCUT2D eigenvalue weighted by Gasteiger charge is 2.30. The molecule has 0 saturated carbocycles. The van der Waals surface area contributed by atoms with Crippen LogP contribution in [-0.4, -0.2) is 73.6 Å². The summed E-state index contributed by atoms with van der Waals surface area (Å²) in [6.07, 6.45) is 46.7. The maximum atomic E-state index is 14.2. The fourth-order valence-corrected chi connectivity index (χ4v) is 7.80. The maximum absolute atomic E-state index is 14.2. The Labute approximate surface area is 363 Å². The maximum Gasteiger partial charge on any atom is 0.268 e. The van der Waals surface area contributed by atoms with Gasteiger partial charge in [-0.25, -0.2) is 0 Å². The summed E-state index contributed by atoms with van der Waals surface area (Å²) < 4.78 is 24.5. The molecule has 0 heterocycles. The Morgan fingerprint density at radius 1 is 0.627 bits per heavy atom. The van der Waals surface area contributed by atoms with E-state index >= 15 is 0 Å². The van der Waals surface area contributed by atoms with Crippen LogP contribution >= 0.6 is 7.82 Å². The quantitative estimate of drug-likeness (QED) is 0.0207. The van der Waals surface area contributed by atoms with Gasteiger partial charge in [0.05, 0.1) is 34.4 Å². The molecule has 2 N–H and O–H groups in total. The number of carbonyl (C=O) groups excluding carboxylic acids is 1. The van der Waals surface area contributed by atoms with Gasteiger partial charge in [-0.15, -0.1) is 0 Å². The number of phosphoric ester groups is 1. The van der Waals surface area contributed by atoms with Crippen molar-refractivity contribution in [3.8, 4) is 0 Å². The summed E-state index contributed by atoms with van der Waals surface area (Å²) >= 11 is 0. The van der Waals surface area contributed by atoms with Gasteiger partial charge < -0.3 is 28.6 Å². The molecule has 9 heteroatoms. The minimum atomic E-state index is -4.95. The van der Waals surface area contributed by atoms with Crippen molar-refractivity contribution in [3.63, 3.8) is 0 Å². The van der Waals surface area contributed by atoms with Crippen LogP contribution in [-0.2, 0) is 18.4 Å². The van der Waals surface area contributed by atoms with E-state index in [-0.39, 0.29) is 12.3 Å². The first kappa shape index (κ1) is 57.1. The van der Waals surface area contributed by atoms with Crippen molar-refractivity contribution in [1.82, 2.24) is 0 Å². The van der Waals surface area contributed by atoms with Gasteiger partial charge in [0.1, 0.15) is 18.8 Å². The molecule has 2 unspecified atom stereocenters. The monoisotopic (exact) mass is 848 g/mol. The molecule has 0 aromatic rings. The van der Waals surface area contributed by atoms with Crippen LogP contribution in [0.25, 0.3) is 0 Å². The zero-order valence-electron chi connectivity index (χ0n) is 38.8. The van der Waals surface area contributed by atoms with E-state index in [2.05, 4.69) is 32.9 Å². The smallest absolute Gasteiger partial charge is 0.268 e. The largest absolute Gasteiger partial charge is 0.756 e. The third-order valence-electron chi connectivity index (χ3n) is 10.3. The van der Waals surface area contributed by atoms with Crippen molar-refractivity contribution < 1.29 is 38.0 Å². The van der Waals surface area contributed by atoms with Gasteiger partial charge in [0.25, 0.3) is 7.82 Å². The molecule has 0 aliphatic rings. The molecule has 0 amide bonds. The number of unbranched alkanes of at least 4 members (excludes halogenated alkanes) is 21. The van der Waals surface area contributed by atoms with Crippen molar-refractivity contribution in [2.75, 3.05) is 40.9 Å². The molecule has 0 aromatic heterocycles. The normalized spacial score (nSPS) is 15.3. The van der Waals surface area contributed by atoms with Crippen LogP contribution in [0.15, 0.2) is 71.9 Å². The van der Waals surface area contributed by atoms with E-state index in [1.807, 2.05) is 69.8 Å². The van der Waals surface area contributed by atoms with Gasteiger partial charge >= 0.3 is 0 Å². The second-order valence-electron chi connectivity index (χ2n) is 17.3. The third kappa shape index (κ3) is 36.5. The molecule has 0 aromatic carbocycles. The van der Waals surface area contributed by atoms with Gasteiger partial charge in [-0.2, -0.15) is 0 Å². The lowest BCUT2D eigenvalue weighted by Gasteiger charge is -2.34. The molecule has 0 rings (SSSR count). The van der Waals surface area contributed by atoms with Crippen LogP contribution in [0, 0.1) is 0 Å². The van der Waals surface area contributed by atoms with Gasteiger partial charge in [0, 0.05) is 12.0 Å². The Morgan fingerprint density at radius 3 is 1.53 bits per heavy atom. The lowest BCUT2D eigenvalue weighted by molar-refractivity contribution is -0.872. The first-order valence-electron chi connectivity index (χ1n) is 23.7. The molecule has 342 valence electrons. The Hall–Kier alpha value is -1.90. The zero-order valence-corrected chi connectivity index (χ0v) is 39.7. The highest BCUT2D eigenvalue weighted by molar-refractivity contribution is 7.45. The third-order valence-corrected chi connectivity index (χ3v) is 11.3. The van der Waals surface area contributed by atoms with Gasteiger partial charge in [0.2, 0.25) is 0 Å². The van der Waals surface area contributed by atoms with Crippen LogP contribution in [0.5, 0.6) is 0 Å². The summed E-state index contributed by atoms with van der Waals surface area (Å²) in [6.45, 7) is 5.69. The summed E-state index contributed by atoms with van der Waals surface area (Å²) in [6, 6.07) is 0. The summed E-state index contributed by atoms with van der Waals surface area (Å²) in [7, 11) is 0.907. The predicted octanol–water partition coefficient (Wildman–Crippen LogP) is 12.8. The number of hydrogen-bond acceptors (Lipinski definition) is 7. The van der Waals surface area contributed by atoms with Crippen molar-refractivity contribution in [2.45, 2.75) is 200 Å². The highest BCUT2D eigenvalue weighted by Crippen LogP contribution is 2.42. The minimum Gasteiger partial charge on any atom is -0.756 e. The number of allylic oxidation sites excluding steroid dienone is 10. The Kier molecular flexibility index (Phi) is 37.7. The fourth-order valence-electron chi connectivity index (χ4n) is 6.89. The van der Waals surface area contributed by atoms with E-state index in [0.29, 0.717) is 28.5 Å². The number of Topliss-reactive ketones (excluding diaryl/α,β-unsaturated/α-hetero) is 1. The van der Waals surface area contributed by atoms with Crippen LogP contribution in [0.2, 0.25) is 0 Å². The molecule has 3 atom stereocenters. The summed E-state index contributed by atoms with van der Waals surface area (Å²) in [5, 5.41) is 19.1. The van der Waals surface area contributed by atoms with Gasteiger partial charge in [-0.3, -0.25) is 9.36 Å². The Balaban J connectivity index is 6.33. The molecule has 0 bridgehead atoms. The number of nitrogens with zero attached hydrogens (tertiary/aromatic N) is 1. The molecule has 59 heavy (non-hydrogen) atoms. The SMILES string of the molecule is CCCCCCCCCC=CC=CC=CC=CC=CC(=C(CCCCCCCCCC)C(=O)CCCCCCCCCC)C(C[N+](C)(C)C)OP(=O)([O-])OC[C@H](O)CO. The topological polar surface area (TPSA) is 116 Å². The highest BCUT2D eigenvalue weighted by atomic mass is 31.2. The minimum absolute atomic E-state index is 0.0416. The van der Waals surface area contributed by atoms with E-state index in [0.717, 1.165) is 44.9 Å². The first-order chi connectivity index (χ1) is 28.4. The summed E-state index contributed by atoms with van der Waals surface area (Å²) in [5.41, 5.74) is 1.17. The van der Waals surface area contributed by atoms with E-state index in [9.17, 15) is 24.5 Å². The second kappa shape index (κ2) is 39.0. The van der Waals surface area contributed by atoms with E-state index in [4.69, 9.17) is 9.05 Å². The van der Waals surface area contributed by atoms with Crippen LogP contribution in [0.1, 0.15) is 188 Å². The van der Waals surface area contributed by atoms with Gasteiger partial charge in [-0.05, 0) is 37.7 Å². The zero-order chi connectivity index (χ0) is 43.9. The van der Waals surface area contributed by atoms with E-state index in [1.165, 1.54) is 109 Å². The number of carbonyl (C=O) groups is 1. The number of aliphatic hydroxyl groups is 2. The first-order valence-corrected chi connectivity index (χ1v) is 25.2. The van der Waals surface area contributed by atoms with Crippen LogP contribution < -0.4 is 4.89 Å². The summed E-state index contributed by atoms with van der Waals surface area (Å²) in [5.74, 6) is 0.0416.